The zero-order valence-corrected chi connectivity index (χ0v) is 22.5. The number of likely N-dealkylation sites (tertiary alicyclic amines) is 1. The number of carbonyl (C=O) groups excluding carboxylic acids is 1. The second kappa shape index (κ2) is 11.4. The summed E-state index contributed by atoms with van der Waals surface area (Å²) in [4.78, 5) is 24.3. The van der Waals surface area contributed by atoms with E-state index in [0.29, 0.717) is 22.9 Å². The van der Waals surface area contributed by atoms with Crippen LogP contribution in [-0.2, 0) is 6.54 Å². The smallest absolute Gasteiger partial charge is 0.387 e. The number of amides is 1. The number of hydrogen-bond acceptors (Lipinski definition) is 6. The lowest BCUT2D eigenvalue weighted by atomic mass is 9.96. The Kier molecular flexibility index (Phi) is 7.32. The molecule has 3 aromatic heterocycles. The molecule has 0 bridgehead atoms. The van der Waals surface area contributed by atoms with Gasteiger partial charge in [0, 0.05) is 61.2 Å². The predicted molar refractivity (Wildman–Crippen MR) is 150 cm³/mol. The van der Waals surface area contributed by atoms with Crippen LogP contribution < -0.4 is 10.1 Å². The molecule has 5 aromatic rings. The minimum Gasteiger partial charge on any atom is -0.435 e. The van der Waals surface area contributed by atoms with Crippen LogP contribution in [0.25, 0.3) is 16.9 Å². The summed E-state index contributed by atoms with van der Waals surface area (Å²) in [6.07, 6.45) is 10.8. The third kappa shape index (κ3) is 5.74. The first-order chi connectivity index (χ1) is 19.9. The molecule has 0 unspecified atom stereocenters. The van der Waals surface area contributed by atoms with Crippen LogP contribution in [0.1, 0.15) is 28.8 Å². The SMILES string of the molecule is Cc1cc(Nc2nccn3c(-c4ccc(OC(F)F)cc4)cnc23)ccc1C(=O)N1CCC(Cn2cccn2)CC1. The predicted octanol–water partition coefficient (Wildman–Crippen LogP) is 5.80. The van der Waals surface area contributed by atoms with Crippen molar-refractivity contribution < 1.29 is 18.3 Å². The van der Waals surface area contributed by atoms with E-state index < -0.39 is 6.61 Å². The lowest BCUT2D eigenvalue weighted by Gasteiger charge is -2.32. The van der Waals surface area contributed by atoms with Crippen LogP contribution in [0, 0.1) is 12.8 Å². The highest BCUT2D eigenvalue weighted by atomic mass is 19.3. The summed E-state index contributed by atoms with van der Waals surface area (Å²) < 4.78 is 33.3. The Morgan fingerprint density at radius 3 is 2.59 bits per heavy atom. The van der Waals surface area contributed by atoms with Gasteiger partial charge in [-0.1, -0.05) is 0 Å². The number of hydrogen-bond donors (Lipinski definition) is 1. The highest BCUT2D eigenvalue weighted by Gasteiger charge is 2.25. The minimum absolute atomic E-state index is 0.0506. The third-order valence-corrected chi connectivity index (χ3v) is 7.43. The van der Waals surface area contributed by atoms with E-state index in [-0.39, 0.29) is 11.7 Å². The van der Waals surface area contributed by atoms with Gasteiger partial charge in [-0.2, -0.15) is 13.9 Å². The molecule has 0 radical (unpaired) electrons. The normalized spacial score (nSPS) is 14.1. The fourth-order valence-electron chi connectivity index (χ4n) is 5.31. The number of nitrogens with zero attached hydrogens (tertiary/aromatic N) is 6. The minimum atomic E-state index is -2.87. The fraction of sp³-hybridized carbons (Fsp3) is 0.267. The van der Waals surface area contributed by atoms with Gasteiger partial charge in [0.05, 0.1) is 11.9 Å². The largest absolute Gasteiger partial charge is 0.435 e. The molecule has 9 nitrogen and oxygen atoms in total. The average molecular weight is 558 g/mol. The van der Waals surface area contributed by atoms with Crippen molar-refractivity contribution in [1.82, 2.24) is 29.0 Å². The Morgan fingerprint density at radius 2 is 1.88 bits per heavy atom. The van der Waals surface area contributed by atoms with Crippen molar-refractivity contribution in [2.75, 3.05) is 18.4 Å². The van der Waals surface area contributed by atoms with Crippen molar-refractivity contribution in [1.29, 1.82) is 0 Å². The number of aryl methyl sites for hydroxylation is 1. The van der Waals surface area contributed by atoms with Crippen LogP contribution in [0.4, 0.5) is 20.3 Å². The molecule has 1 amide bonds. The van der Waals surface area contributed by atoms with E-state index >= 15 is 0 Å². The molecule has 6 rings (SSSR count). The number of fused-ring (bicyclic) bond motifs is 1. The molecule has 210 valence electrons. The second-order valence-electron chi connectivity index (χ2n) is 10.1. The highest BCUT2D eigenvalue weighted by molar-refractivity contribution is 5.96. The molecule has 0 spiro atoms. The Balaban J connectivity index is 1.14. The zero-order valence-electron chi connectivity index (χ0n) is 22.5. The maximum absolute atomic E-state index is 13.3. The van der Waals surface area contributed by atoms with E-state index in [4.69, 9.17) is 0 Å². The number of carbonyl (C=O) groups is 1. The summed E-state index contributed by atoms with van der Waals surface area (Å²) in [6.45, 7) is 1.42. The van der Waals surface area contributed by atoms with Gasteiger partial charge in [-0.15, -0.1) is 0 Å². The van der Waals surface area contributed by atoms with Crippen molar-refractivity contribution in [2.45, 2.75) is 32.9 Å². The highest BCUT2D eigenvalue weighted by Crippen LogP contribution is 2.28. The molecule has 1 aliphatic heterocycles. The van der Waals surface area contributed by atoms with E-state index in [1.165, 1.54) is 12.1 Å². The average Bonchev–Trinajstić information content (AvgIpc) is 3.64. The summed E-state index contributed by atoms with van der Waals surface area (Å²) in [5.41, 5.74) is 4.53. The van der Waals surface area contributed by atoms with E-state index in [1.54, 1.807) is 36.9 Å². The van der Waals surface area contributed by atoms with Crippen molar-refractivity contribution in [2.24, 2.45) is 5.92 Å². The molecule has 1 saturated heterocycles. The van der Waals surface area contributed by atoms with Gasteiger partial charge in [0.2, 0.25) is 0 Å². The second-order valence-corrected chi connectivity index (χ2v) is 10.1. The Morgan fingerprint density at radius 1 is 1.07 bits per heavy atom. The Bertz CT molecular complexity index is 1640. The van der Waals surface area contributed by atoms with Gasteiger partial charge in [0.25, 0.3) is 5.91 Å². The number of aromatic nitrogens is 5. The number of anilines is 2. The number of halogens is 2. The monoisotopic (exact) mass is 557 g/mol. The molecule has 1 aliphatic rings. The summed E-state index contributed by atoms with van der Waals surface area (Å²) in [7, 11) is 0. The molecule has 2 aromatic carbocycles. The van der Waals surface area contributed by atoms with Crippen LogP contribution in [-0.4, -0.2) is 54.7 Å². The Hall–Kier alpha value is -4.80. The molecule has 41 heavy (non-hydrogen) atoms. The Labute approximate surface area is 235 Å². The lowest BCUT2D eigenvalue weighted by Crippen LogP contribution is -2.39. The van der Waals surface area contributed by atoms with Gasteiger partial charge in [-0.3, -0.25) is 13.9 Å². The van der Waals surface area contributed by atoms with Crippen molar-refractivity contribution in [3.63, 3.8) is 0 Å². The van der Waals surface area contributed by atoms with Crippen LogP contribution in [0.2, 0.25) is 0 Å². The maximum Gasteiger partial charge on any atom is 0.387 e. The number of alkyl halides is 2. The first-order valence-corrected chi connectivity index (χ1v) is 13.5. The molecular weight excluding hydrogens is 528 g/mol. The van der Waals surface area contributed by atoms with Gasteiger partial charge in [0.1, 0.15) is 5.75 Å². The number of benzene rings is 2. The van der Waals surface area contributed by atoms with E-state index in [9.17, 15) is 13.6 Å². The van der Waals surface area contributed by atoms with Crippen LogP contribution in [0.15, 0.2) is 79.5 Å². The fourth-order valence-corrected chi connectivity index (χ4v) is 5.31. The zero-order chi connectivity index (χ0) is 28.3. The number of ether oxygens (including phenoxy) is 1. The van der Waals surface area contributed by atoms with Crippen LogP contribution in [0.3, 0.4) is 0 Å². The molecule has 0 aliphatic carbocycles. The summed E-state index contributed by atoms with van der Waals surface area (Å²) in [6, 6.07) is 14.0. The van der Waals surface area contributed by atoms with Crippen molar-refractivity contribution >= 4 is 23.1 Å². The van der Waals surface area contributed by atoms with Crippen LogP contribution >= 0.6 is 0 Å². The summed E-state index contributed by atoms with van der Waals surface area (Å²) in [5, 5.41) is 7.62. The topological polar surface area (TPSA) is 89.6 Å². The maximum atomic E-state index is 13.3. The van der Waals surface area contributed by atoms with Crippen molar-refractivity contribution in [3.05, 3.63) is 90.6 Å². The summed E-state index contributed by atoms with van der Waals surface area (Å²) >= 11 is 0. The molecule has 4 heterocycles. The quantitative estimate of drug-likeness (QED) is 0.260. The molecule has 1 N–H and O–H groups in total. The van der Waals surface area contributed by atoms with Gasteiger partial charge in [-0.05, 0) is 79.8 Å². The molecule has 0 atom stereocenters. The molecule has 11 heteroatoms. The van der Waals surface area contributed by atoms with E-state index in [0.717, 1.165) is 55.0 Å². The molecular formula is C30H29F2N7O2. The van der Waals surface area contributed by atoms with Gasteiger partial charge < -0.3 is 15.0 Å². The number of imidazole rings is 1. The summed E-state index contributed by atoms with van der Waals surface area (Å²) in [5.74, 6) is 1.21. The molecule has 0 saturated carbocycles. The van der Waals surface area contributed by atoms with Crippen molar-refractivity contribution in [3.8, 4) is 17.0 Å². The number of piperidine rings is 1. The van der Waals surface area contributed by atoms with Gasteiger partial charge >= 0.3 is 6.61 Å². The first kappa shape index (κ1) is 26.4. The lowest BCUT2D eigenvalue weighted by molar-refractivity contribution is -0.0498. The van der Waals surface area contributed by atoms with Gasteiger partial charge in [0.15, 0.2) is 11.5 Å². The van der Waals surface area contributed by atoms with E-state index in [1.807, 2.05) is 51.4 Å². The third-order valence-electron chi connectivity index (χ3n) is 7.43. The first-order valence-electron chi connectivity index (χ1n) is 13.5. The van der Waals surface area contributed by atoms with E-state index in [2.05, 4.69) is 25.1 Å². The van der Waals surface area contributed by atoms with Crippen LogP contribution in [0.5, 0.6) is 5.75 Å². The number of nitrogens with one attached hydrogen (secondary N) is 1. The standard InChI is InChI=1S/C30H29F2N7O2/c1-20-17-23(5-8-25(20)29(40)37-14-9-21(10-15-37)19-38-13-2-11-35-38)36-27-28-34-18-26(39(28)16-12-33-27)22-3-6-24(7-4-22)41-30(31)32/h2-8,11-13,16-18,21,30H,9-10,14-15,19H2,1H3,(H,33,36). The number of rotatable bonds is 8. The molecule has 1 fully saturated rings. The van der Waals surface area contributed by atoms with Gasteiger partial charge in [-0.25, -0.2) is 9.97 Å².